The van der Waals surface area contributed by atoms with Crippen LogP contribution in [0.1, 0.15) is 11.8 Å². The van der Waals surface area contributed by atoms with Gasteiger partial charge in [-0.3, -0.25) is 0 Å². The molecule has 2 N–H and O–H groups in total. The molecule has 0 saturated heterocycles. The van der Waals surface area contributed by atoms with Crippen LogP contribution in [0.3, 0.4) is 0 Å². The van der Waals surface area contributed by atoms with Crippen molar-refractivity contribution in [2.24, 2.45) is 5.73 Å². The molecule has 0 spiro atoms. The van der Waals surface area contributed by atoms with E-state index >= 15 is 0 Å². The van der Waals surface area contributed by atoms with Crippen molar-refractivity contribution in [2.75, 3.05) is 0 Å². The summed E-state index contributed by atoms with van der Waals surface area (Å²) in [6.07, 6.45) is -4.53. The van der Waals surface area contributed by atoms with Gasteiger partial charge in [0.15, 0.2) is 11.6 Å². The van der Waals surface area contributed by atoms with Gasteiger partial charge in [0.25, 0.3) is 0 Å². The van der Waals surface area contributed by atoms with E-state index in [9.17, 15) is 13.2 Å². The molecule has 0 fully saturated rings. The predicted molar refractivity (Wildman–Crippen MR) is 54.2 cm³/mol. The van der Waals surface area contributed by atoms with E-state index in [0.717, 1.165) is 0 Å². The number of nitrogens with two attached hydrogens (primary N) is 1. The molecule has 1 atom stereocenters. The number of hydrogen-bond donors (Lipinski definition) is 1. The maximum atomic E-state index is 12.3. The number of hydrogen-bond acceptors (Lipinski definition) is 2. The molecule has 1 aromatic heterocycles. The lowest BCUT2D eigenvalue weighted by molar-refractivity contribution is -0.152. The molecule has 86 valence electrons. The van der Waals surface area contributed by atoms with Crippen LogP contribution < -0.4 is 5.73 Å². The number of rotatable bonds is 1. The standard InChI is InChI=1S/C10H7ClF3NO/c11-6-3-1-2-5-4-7(16-8(5)6)9(15)10(12,13)14/h1-4,9H,15H2. The first-order valence-corrected chi connectivity index (χ1v) is 4.77. The van der Waals surface area contributed by atoms with E-state index < -0.39 is 12.2 Å². The second kappa shape index (κ2) is 3.68. The van der Waals surface area contributed by atoms with Crippen LogP contribution in [0.15, 0.2) is 28.7 Å². The van der Waals surface area contributed by atoms with Gasteiger partial charge < -0.3 is 10.2 Å². The van der Waals surface area contributed by atoms with E-state index in [2.05, 4.69) is 0 Å². The number of fused-ring (bicyclic) bond motifs is 1. The molecule has 2 rings (SSSR count). The fourth-order valence-corrected chi connectivity index (χ4v) is 1.58. The van der Waals surface area contributed by atoms with Crippen molar-refractivity contribution < 1.29 is 17.6 Å². The van der Waals surface area contributed by atoms with Gasteiger partial charge in [0.2, 0.25) is 0 Å². The van der Waals surface area contributed by atoms with Crippen LogP contribution >= 0.6 is 11.6 Å². The van der Waals surface area contributed by atoms with Crippen molar-refractivity contribution in [2.45, 2.75) is 12.2 Å². The van der Waals surface area contributed by atoms with Crippen molar-refractivity contribution in [3.63, 3.8) is 0 Å². The Kier molecular flexibility index (Phi) is 2.59. The molecule has 2 aromatic rings. The zero-order valence-corrected chi connectivity index (χ0v) is 8.64. The Labute approximate surface area is 93.8 Å². The number of furan rings is 1. The summed E-state index contributed by atoms with van der Waals surface area (Å²) in [6, 6.07) is 3.90. The Morgan fingerprint density at radius 3 is 2.56 bits per heavy atom. The molecule has 1 heterocycles. The molecule has 0 saturated carbocycles. The van der Waals surface area contributed by atoms with Crippen LogP contribution in [0.5, 0.6) is 0 Å². The van der Waals surface area contributed by atoms with E-state index in [4.69, 9.17) is 21.8 Å². The summed E-state index contributed by atoms with van der Waals surface area (Å²) in [7, 11) is 0. The van der Waals surface area contributed by atoms with Gasteiger partial charge in [0.05, 0.1) is 5.02 Å². The normalized spacial score (nSPS) is 14.3. The summed E-state index contributed by atoms with van der Waals surface area (Å²) in [5.41, 5.74) is 5.25. The minimum atomic E-state index is -4.53. The zero-order chi connectivity index (χ0) is 11.9. The van der Waals surface area contributed by atoms with Gasteiger partial charge in [-0.2, -0.15) is 13.2 Å². The van der Waals surface area contributed by atoms with E-state index in [1.54, 1.807) is 12.1 Å². The Bertz CT molecular complexity index is 520. The molecule has 16 heavy (non-hydrogen) atoms. The third-order valence-corrected chi connectivity index (χ3v) is 2.47. The van der Waals surface area contributed by atoms with Crippen LogP contribution in [0.25, 0.3) is 11.0 Å². The molecule has 0 bridgehead atoms. The van der Waals surface area contributed by atoms with Gasteiger partial charge in [-0.05, 0) is 12.1 Å². The van der Waals surface area contributed by atoms with Crippen LogP contribution in [0, 0.1) is 0 Å². The topological polar surface area (TPSA) is 39.2 Å². The maximum Gasteiger partial charge on any atom is 0.410 e. The second-order valence-corrected chi connectivity index (χ2v) is 3.73. The minimum absolute atomic E-state index is 0.221. The predicted octanol–water partition coefficient (Wildman–Crippen LogP) is 3.65. The summed E-state index contributed by atoms with van der Waals surface area (Å²) in [5.74, 6) is -0.337. The summed E-state index contributed by atoms with van der Waals surface area (Å²) >= 11 is 5.77. The van der Waals surface area contributed by atoms with Crippen LogP contribution in [0.2, 0.25) is 5.02 Å². The monoisotopic (exact) mass is 249 g/mol. The largest absolute Gasteiger partial charge is 0.457 e. The smallest absolute Gasteiger partial charge is 0.410 e. The number of para-hydroxylation sites is 1. The molecule has 1 unspecified atom stereocenters. The van der Waals surface area contributed by atoms with Crippen molar-refractivity contribution in [3.05, 3.63) is 35.0 Å². The van der Waals surface area contributed by atoms with Crippen LogP contribution in [0.4, 0.5) is 13.2 Å². The van der Waals surface area contributed by atoms with Gasteiger partial charge in [0.1, 0.15) is 5.76 Å². The average Bonchev–Trinajstić information content (AvgIpc) is 2.60. The van der Waals surface area contributed by atoms with E-state index in [0.29, 0.717) is 5.39 Å². The summed E-state index contributed by atoms with van der Waals surface area (Å²) in [4.78, 5) is 0. The molecule has 1 aromatic carbocycles. The van der Waals surface area contributed by atoms with Gasteiger partial charge in [-0.15, -0.1) is 0 Å². The zero-order valence-electron chi connectivity index (χ0n) is 7.88. The molecular weight excluding hydrogens is 243 g/mol. The van der Waals surface area contributed by atoms with E-state index in [1.807, 2.05) is 0 Å². The van der Waals surface area contributed by atoms with Crippen molar-refractivity contribution in [1.29, 1.82) is 0 Å². The Morgan fingerprint density at radius 2 is 2.00 bits per heavy atom. The molecular formula is C10H7ClF3NO. The van der Waals surface area contributed by atoms with Crippen molar-refractivity contribution >= 4 is 22.6 Å². The van der Waals surface area contributed by atoms with Gasteiger partial charge in [-0.1, -0.05) is 23.7 Å². The fourth-order valence-electron chi connectivity index (χ4n) is 1.36. The molecule has 0 aliphatic heterocycles. The Morgan fingerprint density at radius 1 is 1.31 bits per heavy atom. The highest BCUT2D eigenvalue weighted by atomic mass is 35.5. The average molecular weight is 250 g/mol. The summed E-state index contributed by atoms with van der Waals surface area (Å²) in [6.45, 7) is 0. The Balaban J connectivity index is 2.52. The van der Waals surface area contributed by atoms with Gasteiger partial charge in [-0.25, -0.2) is 0 Å². The minimum Gasteiger partial charge on any atom is -0.457 e. The van der Waals surface area contributed by atoms with Crippen LogP contribution in [-0.4, -0.2) is 6.18 Å². The molecule has 0 radical (unpaired) electrons. The molecule has 0 aliphatic carbocycles. The van der Waals surface area contributed by atoms with Gasteiger partial charge in [0, 0.05) is 5.39 Å². The lowest BCUT2D eigenvalue weighted by atomic mass is 10.2. The van der Waals surface area contributed by atoms with E-state index in [-0.39, 0.29) is 16.4 Å². The number of alkyl halides is 3. The SMILES string of the molecule is NC(c1cc2cccc(Cl)c2o1)C(F)(F)F. The maximum absolute atomic E-state index is 12.3. The first-order chi connectivity index (χ1) is 7.39. The molecule has 2 nitrogen and oxygen atoms in total. The summed E-state index contributed by atoms with van der Waals surface area (Å²) in [5, 5.41) is 0.764. The van der Waals surface area contributed by atoms with E-state index in [1.165, 1.54) is 12.1 Å². The highest BCUT2D eigenvalue weighted by Gasteiger charge is 2.40. The highest BCUT2D eigenvalue weighted by molar-refractivity contribution is 6.34. The number of halogens is 4. The second-order valence-electron chi connectivity index (χ2n) is 3.33. The third kappa shape index (κ3) is 1.88. The number of benzene rings is 1. The van der Waals surface area contributed by atoms with Crippen molar-refractivity contribution in [1.82, 2.24) is 0 Å². The highest BCUT2D eigenvalue weighted by Crippen LogP contribution is 2.35. The summed E-state index contributed by atoms with van der Waals surface area (Å²) < 4.78 is 42.0. The lowest BCUT2D eigenvalue weighted by Gasteiger charge is -2.12. The Hall–Kier alpha value is -1.20. The third-order valence-electron chi connectivity index (χ3n) is 2.17. The van der Waals surface area contributed by atoms with Gasteiger partial charge >= 0.3 is 6.18 Å². The van der Waals surface area contributed by atoms with Crippen molar-refractivity contribution in [3.8, 4) is 0 Å². The first kappa shape index (κ1) is 11.3. The quantitative estimate of drug-likeness (QED) is 0.838. The molecule has 6 heteroatoms. The lowest BCUT2D eigenvalue weighted by Crippen LogP contribution is -2.27. The first-order valence-electron chi connectivity index (χ1n) is 4.40. The molecule has 0 amide bonds. The van der Waals surface area contributed by atoms with Crippen LogP contribution in [-0.2, 0) is 0 Å². The molecule has 0 aliphatic rings. The fraction of sp³-hybridized carbons (Fsp3) is 0.200.